The van der Waals surface area contributed by atoms with Crippen LogP contribution in [-0.2, 0) is 6.42 Å². The number of thiazole rings is 1. The molecular formula is C15H27IN4S2. The molecule has 0 aromatic carbocycles. The first-order valence-corrected chi connectivity index (χ1v) is 9.58. The molecule has 0 aliphatic heterocycles. The zero-order valence-corrected chi connectivity index (χ0v) is 17.6. The predicted octanol–water partition coefficient (Wildman–Crippen LogP) is 3.45. The molecule has 1 saturated carbocycles. The molecule has 0 radical (unpaired) electrons. The third-order valence-electron chi connectivity index (χ3n) is 3.65. The average molecular weight is 454 g/mol. The number of hydrogen-bond acceptors (Lipinski definition) is 4. The molecule has 2 N–H and O–H groups in total. The fourth-order valence-corrected chi connectivity index (χ4v) is 4.58. The highest BCUT2D eigenvalue weighted by Gasteiger charge is 2.24. The smallest absolute Gasteiger partial charge is 0.191 e. The summed E-state index contributed by atoms with van der Waals surface area (Å²) in [5.74, 6) is 2.15. The molecule has 1 fully saturated rings. The fraction of sp³-hybridized carbons (Fsp3) is 0.733. The summed E-state index contributed by atoms with van der Waals surface area (Å²) in [7, 11) is 1.84. The standard InChI is InChI=1S/C15H26N4S2.HI/c1-4-20-13-6-5-12(9-13)19-15(16-3)17-8-7-14-18-10-11(2)21-14;/h10,12-13H,4-9H2,1-3H3,(H2,16,17,19);1H. The lowest BCUT2D eigenvalue weighted by molar-refractivity contribution is 0.614. The van der Waals surface area contributed by atoms with E-state index in [9.17, 15) is 0 Å². The highest BCUT2D eigenvalue weighted by Crippen LogP contribution is 2.29. The van der Waals surface area contributed by atoms with Crippen LogP contribution in [0.4, 0.5) is 0 Å². The molecule has 126 valence electrons. The highest BCUT2D eigenvalue weighted by atomic mass is 127. The van der Waals surface area contributed by atoms with Gasteiger partial charge in [0.25, 0.3) is 0 Å². The molecule has 1 aromatic rings. The number of hydrogen-bond donors (Lipinski definition) is 2. The topological polar surface area (TPSA) is 49.3 Å². The van der Waals surface area contributed by atoms with Gasteiger partial charge in [0.2, 0.25) is 0 Å². The van der Waals surface area contributed by atoms with Gasteiger partial charge >= 0.3 is 0 Å². The number of rotatable bonds is 6. The van der Waals surface area contributed by atoms with Crippen LogP contribution in [0.3, 0.4) is 0 Å². The van der Waals surface area contributed by atoms with E-state index in [4.69, 9.17) is 0 Å². The van der Waals surface area contributed by atoms with Gasteiger partial charge in [-0.3, -0.25) is 4.99 Å². The zero-order valence-electron chi connectivity index (χ0n) is 13.6. The minimum Gasteiger partial charge on any atom is -0.356 e. The molecule has 7 heteroatoms. The predicted molar refractivity (Wildman–Crippen MR) is 110 cm³/mol. The Balaban J connectivity index is 0.00000242. The van der Waals surface area contributed by atoms with Gasteiger partial charge in [-0.25, -0.2) is 4.98 Å². The third kappa shape index (κ3) is 6.62. The van der Waals surface area contributed by atoms with Gasteiger partial charge in [-0.1, -0.05) is 6.92 Å². The molecule has 1 aliphatic carbocycles. The van der Waals surface area contributed by atoms with Crippen LogP contribution in [-0.4, -0.2) is 41.6 Å². The Labute approximate surface area is 159 Å². The van der Waals surface area contributed by atoms with E-state index in [1.54, 1.807) is 11.3 Å². The van der Waals surface area contributed by atoms with Crippen LogP contribution in [0, 0.1) is 6.92 Å². The van der Waals surface area contributed by atoms with Crippen LogP contribution in [0.25, 0.3) is 0 Å². The van der Waals surface area contributed by atoms with E-state index in [2.05, 4.69) is 46.2 Å². The first-order chi connectivity index (χ1) is 10.2. The molecule has 1 aromatic heterocycles. The zero-order chi connectivity index (χ0) is 15.1. The van der Waals surface area contributed by atoms with Crippen LogP contribution >= 0.6 is 47.1 Å². The van der Waals surface area contributed by atoms with E-state index in [-0.39, 0.29) is 24.0 Å². The molecule has 0 spiro atoms. The van der Waals surface area contributed by atoms with E-state index in [1.165, 1.54) is 34.9 Å². The summed E-state index contributed by atoms with van der Waals surface area (Å²) in [4.78, 5) is 9.99. The fourth-order valence-electron chi connectivity index (χ4n) is 2.65. The van der Waals surface area contributed by atoms with Crippen molar-refractivity contribution in [3.05, 3.63) is 16.1 Å². The third-order valence-corrected chi connectivity index (χ3v) is 5.86. The second-order valence-electron chi connectivity index (χ2n) is 5.35. The van der Waals surface area contributed by atoms with Gasteiger partial charge in [0.1, 0.15) is 0 Å². The molecule has 22 heavy (non-hydrogen) atoms. The summed E-state index contributed by atoms with van der Waals surface area (Å²) in [5.41, 5.74) is 0. The Kier molecular flexibility index (Phi) is 9.74. The average Bonchev–Trinajstić information content (AvgIpc) is 3.07. The number of nitrogens with zero attached hydrogens (tertiary/aromatic N) is 2. The molecule has 2 rings (SSSR count). The molecule has 1 aliphatic rings. The number of aryl methyl sites for hydroxylation is 1. The number of halogens is 1. The summed E-state index contributed by atoms with van der Waals surface area (Å²) in [5, 5.41) is 8.97. The Hall–Kier alpha value is -0.0200. The second-order valence-corrected chi connectivity index (χ2v) is 8.24. The van der Waals surface area contributed by atoms with Crippen molar-refractivity contribution in [3.63, 3.8) is 0 Å². The lowest BCUT2D eigenvalue weighted by atomic mass is 10.2. The van der Waals surface area contributed by atoms with Crippen molar-refractivity contribution in [1.82, 2.24) is 15.6 Å². The summed E-state index contributed by atoms with van der Waals surface area (Å²) < 4.78 is 0. The minimum atomic E-state index is 0. The van der Waals surface area contributed by atoms with Crippen molar-refractivity contribution in [2.75, 3.05) is 19.3 Å². The van der Waals surface area contributed by atoms with E-state index < -0.39 is 0 Å². The number of aromatic nitrogens is 1. The quantitative estimate of drug-likeness (QED) is 0.393. The highest BCUT2D eigenvalue weighted by molar-refractivity contribution is 14.0. The Morgan fingerprint density at radius 2 is 2.32 bits per heavy atom. The van der Waals surface area contributed by atoms with Crippen molar-refractivity contribution in [1.29, 1.82) is 0 Å². The van der Waals surface area contributed by atoms with E-state index in [0.717, 1.165) is 24.2 Å². The Bertz CT molecular complexity index is 464. The summed E-state index contributed by atoms with van der Waals surface area (Å²) in [6.45, 7) is 5.22. The maximum absolute atomic E-state index is 4.39. The molecule has 0 amide bonds. The molecule has 1 heterocycles. The second kappa shape index (κ2) is 10.7. The maximum atomic E-state index is 4.39. The van der Waals surface area contributed by atoms with Gasteiger partial charge in [0, 0.05) is 42.4 Å². The first-order valence-electron chi connectivity index (χ1n) is 7.71. The van der Waals surface area contributed by atoms with Gasteiger partial charge in [-0.05, 0) is 31.9 Å². The van der Waals surface area contributed by atoms with Gasteiger partial charge in [-0.2, -0.15) is 11.8 Å². The van der Waals surface area contributed by atoms with Gasteiger partial charge < -0.3 is 10.6 Å². The van der Waals surface area contributed by atoms with Crippen LogP contribution in [0.2, 0.25) is 0 Å². The van der Waals surface area contributed by atoms with E-state index >= 15 is 0 Å². The number of nitrogens with one attached hydrogen (secondary N) is 2. The normalized spacial score (nSPS) is 21.5. The molecule has 0 bridgehead atoms. The van der Waals surface area contributed by atoms with Crippen molar-refractivity contribution in [3.8, 4) is 0 Å². The van der Waals surface area contributed by atoms with Gasteiger partial charge in [0.15, 0.2) is 5.96 Å². The molecule has 2 unspecified atom stereocenters. The van der Waals surface area contributed by atoms with Gasteiger partial charge in [0.05, 0.1) is 5.01 Å². The van der Waals surface area contributed by atoms with Gasteiger partial charge in [-0.15, -0.1) is 35.3 Å². The molecule has 4 nitrogen and oxygen atoms in total. The SMILES string of the molecule is CCSC1CCC(NC(=NC)NCCc2ncc(C)s2)C1.I. The number of aliphatic imine (C=N–C) groups is 1. The lowest BCUT2D eigenvalue weighted by Crippen LogP contribution is -2.43. The monoisotopic (exact) mass is 454 g/mol. The summed E-state index contributed by atoms with van der Waals surface area (Å²) in [6, 6.07) is 0.572. The van der Waals surface area contributed by atoms with E-state index in [1.807, 2.05) is 13.2 Å². The Morgan fingerprint density at radius 3 is 2.95 bits per heavy atom. The molecule has 0 saturated heterocycles. The molecular weight excluding hydrogens is 427 g/mol. The minimum absolute atomic E-state index is 0. The van der Waals surface area contributed by atoms with Crippen molar-refractivity contribution in [2.24, 2.45) is 4.99 Å². The van der Waals surface area contributed by atoms with E-state index in [0.29, 0.717) is 6.04 Å². The number of guanidine groups is 1. The Morgan fingerprint density at radius 1 is 1.50 bits per heavy atom. The van der Waals surface area contributed by atoms with Crippen LogP contribution in [0.15, 0.2) is 11.2 Å². The van der Waals surface area contributed by atoms with Crippen molar-refractivity contribution >= 4 is 53.0 Å². The first kappa shape index (κ1) is 20.0. The van der Waals surface area contributed by atoms with Crippen LogP contribution < -0.4 is 10.6 Å². The number of thioether (sulfide) groups is 1. The maximum Gasteiger partial charge on any atom is 0.191 e. The van der Waals surface area contributed by atoms with Crippen molar-refractivity contribution < 1.29 is 0 Å². The van der Waals surface area contributed by atoms with Crippen LogP contribution in [0.1, 0.15) is 36.1 Å². The lowest BCUT2D eigenvalue weighted by Gasteiger charge is -2.17. The largest absolute Gasteiger partial charge is 0.356 e. The molecule has 2 atom stereocenters. The summed E-state index contributed by atoms with van der Waals surface area (Å²) >= 11 is 3.86. The summed E-state index contributed by atoms with van der Waals surface area (Å²) in [6.07, 6.45) is 6.73. The van der Waals surface area contributed by atoms with Crippen molar-refractivity contribution in [2.45, 2.75) is 50.8 Å². The van der Waals surface area contributed by atoms with Crippen LogP contribution in [0.5, 0.6) is 0 Å².